The Morgan fingerprint density at radius 3 is 3.00 bits per heavy atom. The number of rotatable bonds is 4. The molecule has 2 rings (SSSR count). The third-order valence-corrected chi connectivity index (χ3v) is 3.19. The van der Waals surface area contributed by atoms with E-state index in [1.807, 2.05) is 0 Å². The number of aliphatic hydroxyl groups excluding tert-OH is 1. The zero-order valence-corrected chi connectivity index (χ0v) is 9.67. The smallest absolute Gasteiger partial charge is 0.225 e. The summed E-state index contributed by atoms with van der Waals surface area (Å²) in [6, 6.07) is 0. The van der Waals surface area contributed by atoms with Gasteiger partial charge in [0.05, 0.1) is 12.3 Å². The molecule has 5 nitrogen and oxygen atoms in total. The number of carbonyl (C=O) groups excluding carboxylic acids is 1. The molecule has 2 N–H and O–H groups in total. The molecule has 1 aliphatic carbocycles. The normalized spacial score (nSPS) is 23.6. The molecule has 1 aliphatic rings. The number of aromatic nitrogens is 2. The van der Waals surface area contributed by atoms with Gasteiger partial charge in [-0.3, -0.25) is 9.78 Å². The van der Waals surface area contributed by atoms with Gasteiger partial charge in [0.2, 0.25) is 5.91 Å². The van der Waals surface area contributed by atoms with E-state index in [1.54, 1.807) is 6.20 Å². The minimum atomic E-state index is -0.223. The molecule has 2 atom stereocenters. The number of nitrogens with one attached hydrogen (secondary N) is 1. The van der Waals surface area contributed by atoms with Gasteiger partial charge >= 0.3 is 0 Å². The molecule has 1 aromatic heterocycles. The van der Waals surface area contributed by atoms with E-state index in [-0.39, 0.29) is 17.9 Å². The molecular weight excluding hydrogens is 218 g/mol. The number of amides is 1. The van der Waals surface area contributed by atoms with Crippen molar-refractivity contribution in [1.82, 2.24) is 9.97 Å². The van der Waals surface area contributed by atoms with E-state index in [4.69, 9.17) is 0 Å². The molecule has 1 saturated carbocycles. The summed E-state index contributed by atoms with van der Waals surface area (Å²) in [6.07, 6.45) is 8.53. The average Bonchev–Trinajstić information content (AvgIpc) is 2.74. The maximum Gasteiger partial charge on any atom is 0.225 e. The standard InChI is InChI=1S/C12H17N3O2/c16-10-3-1-2-9(10)4-5-12(17)15-11-8-13-6-7-14-11/h6-10,16H,1-5H2,(H,14,15,17). The van der Waals surface area contributed by atoms with Gasteiger partial charge in [0.1, 0.15) is 0 Å². The highest BCUT2D eigenvalue weighted by Gasteiger charge is 2.25. The minimum absolute atomic E-state index is 0.0652. The molecule has 1 heterocycles. The molecule has 0 aliphatic heterocycles. The number of hydrogen-bond acceptors (Lipinski definition) is 4. The lowest BCUT2D eigenvalue weighted by Crippen LogP contribution is -2.18. The highest BCUT2D eigenvalue weighted by molar-refractivity contribution is 5.89. The van der Waals surface area contributed by atoms with Crippen molar-refractivity contribution in [3.05, 3.63) is 18.6 Å². The van der Waals surface area contributed by atoms with Crippen LogP contribution in [0, 0.1) is 5.92 Å². The number of aliphatic hydroxyl groups is 1. The van der Waals surface area contributed by atoms with Crippen LogP contribution in [0.3, 0.4) is 0 Å². The first-order chi connectivity index (χ1) is 8.25. The zero-order valence-electron chi connectivity index (χ0n) is 9.67. The Morgan fingerprint density at radius 2 is 2.35 bits per heavy atom. The first-order valence-electron chi connectivity index (χ1n) is 5.99. The maximum atomic E-state index is 11.6. The molecule has 1 aromatic rings. The quantitative estimate of drug-likeness (QED) is 0.826. The summed E-state index contributed by atoms with van der Waals surface area (Å²) in [5.41, 5.74) is 0. The van der Waals surface area contributed by atoms with Gasteiger partial charge in [-0.25, -0.2) is 4.98 Å². The Bertz CT molecular complexity index is 369. The Balaban J connectivity index is 1.74. The topological polar surface area (TPSA) is 75.1 Å². The highest BCUT2D eigenvalue weighted by Crippen LogP contribution is 2.29. The van der Waals surface area contributed by atoms with Crippen molar-refractivity contribution in [3.8, 4) is 0 Å². The van der Waals surface area contributed by atoms with Crippen LogP contribution in [-0.4, -0.2) is 27.1 Å². The lowest BCUT2D eigenvalue weighted by molar-refractivity contribution is -0.116. The molecule has 5 heteroatoms. The number of carbonyl (C=O) groups is 1. The van der Waals surface area contributed by atoms with Gasteiger partial charge in [-0.1, -0.05) is 6.42 Å². The SMILES string of the molecule is O=C(CCC1CCCC1O)Nc1cnccn1. The maximum absolute atomic E-state index is 11.6. The summed E-state index contributed by atoms with van der Waals surface area (Å²) in [4.78, 5) is 19.5. The van der Waals surface area contributed by atoms with Gasteiger partial charge in [-0.15, -0.1) is 0 Å². The summed E-state index contributed by atoms with van der Waals surface area (Å²) in [7, 11) is 0. The molecular formula is C12H17N3O2. The first-order valence-corrected chi connectivity index (χ1v) is 5.99. The molecule has 2 unspecified atom stereocenters. The van der Waals surface area contributed by atoms with Gasteiger partial charge < -0.3 is 10.4 Å². The van der Waals surface area contributed by atoms with Crippen molar-refractivity contribution in [2.45, 2.75) is 38.2 Å². The third-order valence-electron chi connectivity index (χ3n) is 3.19. The van der Waals surface area contributed by atoms with Crippen LogP contribution in [0.15, 0.2) is 18.6 Å². The molecule has 0 bridgehead atoms. The molecule has 0 spiro atoms. The second-order valence-corrected chi connectivity index (χ2v) is 4.44. The van der Waals surface area contributed by atoms with Crippen LogP contribution in [0.2, 0.25) is 0 Å². The Morgan fingerprint density at radius 1 is 1.47 bits per heavy atom. The highest BCUT2D eigenvalue weighted by atomic mass is 16.3. The van der Waals surface area contributed by atoms with E-state index < -0.39 is 0 Å². The summed E-state index contributed by atoms with van der Waals surface area (Å²) >= 11 is 0. The van der Waals surface area contributed by atoms with Gasteiger partial charge in [-0.2, -0.15) is 0 Å². The molecule has 0 saturated heterocycles. The summed E-state index contributed by atoms with van der Waals surface area (Å²) in [5, 5.41) is 12.3. The van der Waals surface area contributed by atoms with Crippen molar-refractivity contribution in [1.29, 1.82) is 0 Å². The van der Waals surface area contributed by atoms with Crippen molar-refractivity contribution >= 4 is 11.7 Å². The van der Waals surface area contributed by atoms with Gasteiger partial charge in [-0.05, 0) is 25.2 Å². The van der Waals surface area contributed by atoms with Gasteiger partial charge in [0.25, 0.3) is 0 Å². The minimum Gasteiger partial charge on any atom is -0.393 e. The fraction of sp³-hybridized carbons (Fsp3) is 0.583. The fourth-order valence-electron chi connectivity index (χ4n) is 2.24. The van der Waals surface area contributed by atoms with Crippen LogP contribution in [-0.2, 0) is 4.79 Å². The largest absolute Gasteiger partial charge is 0.393 e. The number of hydrogen-bond donors (Lipinski definition) is 2. The van der Waals surface area contributed by atoms with Crippen LogP contribution in [0.1, 0.15) is 32.1 Å². The van der Waals surface area contributed by atoms with Crippen LogP contribution in [0.4, 0.5) is 5.82 Å². The summed E-state index contributed by atoms with van der Waals surface area (Å²) < 4.78 is 0. The van der Waals surface area contributed by atoms with Crippen molar-refractivity contribution in [2.75, 3.05) is 5.32 Å². The fourth-order valence-corrected chi connectivity index (χ4v) is 2.24. The molecule has 0 aromatic carbocycles. The molecule has 0 radical (unpaired) electrons. The van der Waals surface area contributed by atoms with Gasteiger partial charge in [0.15, 0.2) is 5.82 Å². The second kappa shape index (κ2) is 5.72. The van der Waals surface area contributed by atoms with Crippen LogP contribution in [0.25, 0.3) is 0 Å². The average molecular weight is 235 g/mol. The van der Waals surface area contributed by atoms with Crippen LogP contribution >= 0.6 is 0 Å². The summed E-state index contributed by atoms with van der Waals surface area (Å²) in [5.74, 6) is 0.691. The third kappa shape index (κ3) is 3.49. The first kappa shape index (κ1) is 12.0. The number of anilines is 1. The zero-order chi connectivity index (χ0) is 12.1. The van der Waals surface area contributed by atoms with Crippen molar-refractivity contribution in [3.63, 3.8) is 0 Å². The Labute approximate surface area is 100 Å². The molecule has 92 valence electrons. The predicted octanol–water partition coefficient (Wildman–Crippen LogP) is 1.36. The summed E-state index contributed by atoms with van der Waals surface area (Å²) in [6.45, 7) is 0. The van der Waals surface area contributed by atoms with Crippen LogP contribution < -0.4 is 5.32 Å². The van der Waals surface area contributed by atoms with Crippen molar-refractivity contribution in [2.24, 2.45) is 5.92 Å². The molecule has 1 fully saturated rings. The van der Waals surface area contributed by atoms with E-state index in [9.17, 15) is 9.90 Å². The predicted molar refractivity (Wildman–Crippen MR) is 63.2 cm³/mol. The molecule has 1 amide bonds. The van der Waals surface area contributed by atoms with E-state index in [0.29, 0.717) is 12.2 Å². The lowest BCUT2D eigenvalue weighted by Gasteiger charge is -2.13. The Hall–Kier alpha value is -1.49. The Kier molecular flexibility index (Phi) is 4.03. The van der Waals surface area contributed by atoms with Crippen molar-refractivity contribution < 1.29 is 9.90 Å². The molecule has 17 heavy (non-hydrogen) atoms. The lowest BCUT2D eigenvalue weighted by atomic mass is 9.99. The van der Waals surface area contributed by atoms with E-state index in [0.717, 1.165) is 25.7 Å². The van der Waals surface area contributed by atoms with E-state index in [1.165, 1.54) is 12.4 Å². The van der Waals surface area contributed by atoms with E-state index >= 15 is 0 Å². The monoisotopic (exact) mass is 235 g/mol. The number of nitrogens with zero attached hydrogens (tertiary/aromatic N) is 2. The van der Waals surface area contributed by atoms with Gasteiger partial charge in [0, 0.05) is 18.8 Å². The second-order valence-electron chi connectivity index (χ2n) is 4.44. The van der Waals surface area contributed by atoms with E-state index in [2.05, 4.69) is 15.3 Å². The van der Waals surface area contributed by atoms with Crippen LogP contribution in [0.5, 0.6) is 0 Å².